The van der Waals surface area contributed by atoms with Crippen molar-refractivity contribution in [3.63, 3.8) is 0 Å². The van der Waals surface area contributed by atoms with E-state index >= 15 is 0 Å². The summed E-state index contributed by atoms with van der Waals surface area (Å²) in [7, 11) is 1.62. The highest BCUT2D eigenvalue weighted by atomic mass is 35.5. The van der Waals surface area contributed by atoms with E-state index in [1.54, 1.807) is 36.2 Å². The van der Waals surface area contributed by atoms with E-state index in [0.29, 0.717) is 29.4 Å². The van der Waals surface area contributed by atoms with E-state index < -0.39 is 0 Å². The second-order valence-corrected chi connectivity index (χ2v) is 7.30. The number of hydrogen-bond donors (Lipinski definition) is 1. The summed E-state index contributed by atoms with van der Waals surface area (Å²) in [6.45, 7) is 0.468. The number of amides is 1. The standard InChI is InChI=1S/C24H21ClN4O2/c1-31-21-7-4-5-17(15-21)22-16-23(29(28-22)20-10-8-18(25)9-11-20)24(30)27-14-12-19-6-2-3-13-26-19/h2-11,13,15-16H,12,14H2,1H3,(H,27,30). The summed E-state index contributed by atoms with van der Waals surface area (Å²) in [6, 6.07) is 22.3. The fourth-order valence-corrected chi connectivity index (χ4v) is 3.31. The maximum atomic E-state index is 13.0. The fourth-order valence-electron chi connectivity index (χ4n) is 3.19. The molecule has 2 aromatic carbocycles. The summed E-state index contributed by atoms with van der Waals surface area (Å²) >= 11 is 6.03. The van der Waals surface area contributed by atoms with Gasteiger partial charge in [0.1, 0.15) is 11.4 Å². The third-order valence-corrected chi connectivity index (χ3v) is 5.02. The molecule has 2 aromatic heterocycles. The lowest BCUT2D eigenvalue weighted by molar-refractivity contribution is 0.0946. The molecule has 0 saturated heterocycles. The Balaban J connectivity index is 1.63. The third kappa shape index (κ3) is 4.92. The lowest BCUT2D eigenvalue weighted by Gasteiger charge is -2.08. The molecule has 156 valence electrons. The van der Waals surface area contributed by atoms with Gasteiger partial charge in [-0.2, -0.15) is 5.10 Å². The van der Waals surface area contributed by atoms with E-state index in [0.717, 1.165) is 22.7 Å². The maximum Gasteiger partial charge on any atom is 0.270 e. The van der Waals surface area contributed by atoms with Gasteiger partial charge in [0.2, 0.25) is 0 Å². The van der Waals surface area contributed by atoms with Gasteiger partial charge in [0.05, 0.1) is 18.5 Å². The van der Waals surface area contributed by atoms with Gasteiger partial charge in [0, 0.05) is 35.4 Å². The Kier molecular flexibility index (Phi) is 6.29. The molecular formula is C24H21ClN4O2. The van der Waals surface area contributed by atoms with Crippen molar-refractivity contribution in [3.8, 4) is 22.7 Å². The van der Waals surface area contributed by atoms with Gasteiger partial charge >= 0.3 is 0 Å². The van der Waals surface area contributed by atoms with E-state index in [9.17, 15) is 4.79 Å². The molecule has 0 aliphatic rings. The first-order chi connectivity index (χ1) is 15.1. The van der Waals surface area contributed by atoms with Gasteiger partial charge in [-0.25, -0.2) is 4.68 Å². The molecule has 4 aromatic rings. The minimum atomic E-state index is -0.215. The Labute approximate surface area is 185 Å². The highest BCUT2D eigenvalue weighted by Crippen LogP contribution is 2.25. The van der Waals surface area contributed by atoms with Crippen LogP contribution in [-0.4, -0.2) is 34.3 Å². The molecule has 4 rings (SSSR count). The van der Waals surface area contributed by atoms with Crippen molar-refractivity contribution < 1.29 is 9.53 Å². The van der Waals surface area contributed by atoms with Gasteiger partial charge in [0.25, 0.3) is 5.91 Å². The first-order valence-corrected chi connectivity index (χ1v) is 10.2. The molecule has 0 bridgehead atoms. The summed E-state index contributed by atoms with van der Waals surface area (Å²) < 4.78 is 6.95. The van der Waals surface area contributed by atoms with Crippen LogP contribution in [0.2, 0.25) is 5.02 Å². The summed E-state index contributed by atoms with van der Waals surface area (Å²) in [5.41, 5.74) is 3.62. The molecule has 7 heteroatoms. The van der Waals surface area contributed by atoms with Crippen molar-refractivity contribution in [2.24, 2.45) is 0 Å². The molecule has 6 nitrogen and oxygen atoms in total. The first kappa shape index (κ1) is 20.6. The number of hydrogen-bond acceptors (Lipinski definition) is 4. The minimum absolute atomic E-state index is 0.215. The Hall–Kier alpha value is -3.64. The zero-order valence-electron chi connectivity index (χ0n) is 17.0. The predicted octanol–water partition coefficient (Wildman–Crippen LogP) is 4.57. The SMILES string of the molecule is COc1cccc(-c2cc(C(=O)NCCc3ccccn3)n(-c3ccc(Cl)cc3)n2)c1. The van der Waals surface area contributed by atoms with Crippen LogP contribution in [0.4, 0.5) is 0 Å². The molecule has 0 unspecified atom stereocenters. The number of aromatic nitrogens is 3. The van der Waals surface area contributed by atoms with Gasteiger partial charge < -0.3 is 10.1 Å². The largest absolute Gasteiger partial charge is 0.497 e. The van der Waals surface area contributed by atoms with Crippen LogP contribution in [0.3, 0.4) is 0 Å². The van der Waals surface area contributed by atoms with Crippen molar-refractivity contribution in [3.05, 3.63) is 95.4 Å². The molecule has 1 N–H and O–H groups in total. The van der Waals surface area contributed by atoms with Crippen molar-refractivity contribution in [1.29, 1.82) is 0 Å². The summed E-state index contributed by atoms with van der Waals surface area (Å²) in [5.74, 6) is 0.507. The quantitative estimate of drug-likeness (QED) is 0.464. The number of nitrogens with one attached hydrogen (secondary N) is 1. The van der Waals surface area contributed by atoms with Crippen LogP contribution >= 0.6 is 11.6 Å². The van der Waals surface area contributed by atoms with E-state index in [-0.39, 0.29) is 5.91 Å². The third-order valence-electron chi connectivity index (χ3n) is 4.77. The highest BCUT2D eigenvalue weighted by Gasteiger charge is 2.18. The molecule has 0 fully saturated rings. The molecule has 2 heterocycles. The van der Waals surface area contributed by atoms with E-state index in [2.05, 4.69) is 15.4 Å². The van der Waals surface area contributed by atoms with Crippen molar-refractivity contribution in [1.82, 2.24) is 20.1 Å². The van der Waals surface area contributed by atoms with Crippen LogP contribution in [-0.2, 0) is 6.42 Å². The smallest absolute Gasteiger partial charge is 0.270 e. The summed E-state index contributed by atoms with van der Waals surface area (Å²) in [5, 5.41) is 8.27. The normalized spacial score (nSPS) is 10.6. The highest BCUT2D eigenvalue weighted by molar-refractivity contribution is 6.30. The van der Waals surface area contributed by atoms with Crippen LogP contribution < -0.4 is 10.1 Å². The van der Waals surface area contributed by atoms with Crippen molar-refractivity contribution in [2.75, 3.05) is 13.7 Å². The molecular weight excluding hydrogens is 412 g/mol. The van der Waals surface area contributed by atoms with E-state index in [4.69, 9.17) is 16.3 Å². The number of methoxy groups -OCH3 is 1. The van der Waals surface area contributed by atoms with Crippen LogP contribution in [0.15, 0.2) is 79.0 Å². The molecule has 0 aliphatic heterocycles. The maximum absolute atomic E-state index is 13.0. The monoisotopic (exact) mass is 432 g/mol. The first-order valence-electron chi connectivity index (χ1n) is 9.82. The van der Waals surface area contributed by atoms with Gasteiger partial charge in [-0.3, -0.25) is 9.78 Å². The Bertz CT molecular complexity index is 1170. The zero-order chi connectivity index (χ0) is 21.6. The number of carbonyl (C=O) groups is 1. The average Bonchev–Trinajstić information content (AvgIpc) is 3.26. The number of benzene rings is 2. The number of ether oxygens (including phenoxy) is 1. The molecule has 0 radical (unpaired) electrons. The van der Waals surface area contributed by atoms with E-state index in [1.165, 1.54) is 0 Å². The molecule has 1 amide bonds. The summed E-state index contributed by atoms with van der Waals surface area (Å²) in [4.78, 5) is 17.3. The number of pyridine rings is 1. The molecule has 0 atom stereocenters. The van der Waals surface area contributed by atoms with Crippen LogP contribution in [0, 0.1) is 0 Å². The molecule has 0 spiro atoms. The number of rotatable bonds is 7. The lowest BCUT2D eigenvalue weighted by atomic mass is 10.1. The molecule has 0 aliphatic carbocycles. The van der Waals surface area contributed by atoms with Crippen LogP contribution in [0.5, 0.6) is 5.75 Å². The Morgan fingerprint density at radius 1 is 1.06 bits per heavy atom. The van der Waals surface area contributed by atoms with Gasteiger partial charge in [-0.1, -0.05) is 29.8 Å². The van der Waals surface area contributed by atoms with Crippen LogP contribution in [0.1, 0.15) is 16.2 Å². The minimum Gasteiger partial charge on any atom is -0.497 e. The Morgan fingerprint density at radius 3 is 2.65 bits per heavy atom. The molecule has 0 saturated carbocycles. The Morgan fingerprint density at radius 2 is 1.90 bits per heavy atom. The van der Waals surface area contributed by atoms with Gasteiger partial charge in [-0.15, -0.1) is 0 Å². The molecule has 31 heavy (non-hydrogen) atoms. The summed E-state index contributed by atoms with van der Waals surface area (Å²) in [6.07, 6.45) is 2.39. The number of carbonyl (C=O) groups excluding carboxylic acids is 1. The predicted molar refractivity (Wildman–Crippen MR) is 121 cm³/mol. The van der Waals surface area contributed by atoms with Crippen LogP contribution in [0.25, 0.3) is 16.9 Å². The van der Waals surface area contributed by atoms with Gasteiger partial charge in [0.15, 0.2) is 0 Å². The topological polar surface area (TPSA) is 69.0 Å². The number of halogens is 1. The fraction of sp³-hybridized carbons (Fsp3) is 0.125. The van der Waals surface area contributed by atoms with Crippen molar-refractivity contribution in [2.45, 2.75) is 6.42 Å². The zero-order valence-corrected chi connectivity index (χ0v) is 17.7. The second-order valence-electron chi connectivity index (χ2n) is 6.86. The second kappa shape index (κ2) is 9.45. The lowest BCUT2D eigenvalue weighted by Crippen LogP contribution is -2.28. The number of nitrogens with zero attached hydrogens (tertiary/aromatic N) is 3. The average molecular weight is 433 g/mol. The van der Waals surface area contributed by atoms with E-state index in [1.807, 2.05) is 54.6 Å². The van der Waals surface area contributed by atoms with Gasteiger partial charge in [-0.05, 0) is 54.6 Å². The van der Waals surface area contributed by atoms with Crippen molar-refractivity contribution >= 4 is 17.5 Å².